The molecule has 0 bridgehead atoms. The first-order valence-electron chi connectivity index (χ1n) is 6.24. The normalized spacial score (nSPS) is 10.8. The molecule has 0 atom stereocenters. The van der Waals surface area contributed by atoms with Crippen molar-refractivity contribution < 1.29 is 9.53 Å². The molecule has 2 nitrogen and oxygen atoms in total. The van der Waals surface area contributed by atoms with Crippen LogP contribution in [0.5, 0.6) is 5.75 Å². The summed E-state index contributed by atoms with van der Waals surface area (Å²) in [5.41, 5.74) is 0. The van der Waals surface area contributed by atoms with Gasteiger partial charge in [-0.15, -0.1) is 11.3 Å². The van der Waals surface area contributed by atoms with Crippen LogP contribution in [-0.2, 0) is 0 Å². The average molecular weight is 382 g/mol. The van der Waals surface area contributed by atoms with Gasteiger partial charge in [0.15, 0.2) is 6.61 Å². The lowest BCUT2D eigenvalue weighted by molar-refractivity contribution is 0.0925. The van der Waals surface area contributed by atoms with Gasteiger partial charge in [-0.3, -0.25) is 4.79 Å². The highest BCUT2D eigenvalue weighted by atomic mass is 79.9. The van der Waals surface area contributed by atoms with Gasteiger partial charge in [0.1, 0.15) is 5.75 Å². The molecule has 0 spiro atoms. The van der Waals surface area contributed by atoms with E-state index in [-0.39, 0.29) is 12.4 Å². The number of Topliss-reactive ketones (excluding diaryl/α,β-unsaturated/α-hetero) is 1. The molecule has 0 aliphatic rings. The molecule has 0 radical (unpaired) electrons. The molecule has 0 amide bonds. The molecule has 0 aliphatic heterocycles. The van der Waals surface area contributed by atoms with E-state index in [1.807, 2.05) is 36.4 Å². The summed E-state index contributed by atoms with van der Waals surface area (Å²) in [4.78, 5) is 12.6. The molecule has 1 aromatic heterocycles. The van der Waals surface area contributed by atoms with E-state index >= 15 is 0 Å². The standard InChI is InChI=1S/C16H10BrClO2S/c17-16-11-4-2-1-3-10(11)5-6-13(16)20-9-12(19)14-7-8-15(18)21-14/h1-8H,9H2. The average Bonchev–Trinajstić information content (AvgIpc) is 2.93. The molecule has 2 aromatic carbocycles. The lowest BCUT2D eigenvalue weighted by Gasteiger charge is -2.09. The molecular formula is C16H10BrClO2S. The Morgan fingerprint density at radius 2 is 1.95 bits per heavy atom. The zero-order valence-electron chi connectivity index (χ0n) is 10.8. The SMILES string of the molecule is O=C(COc1ccc2ccccc2c1Br)c1ccc(Cl)s1. The number of fused-ring (bicyclic) bond motifs is 1. The molecule has 21 heavy (non-hydrogen) atoms. The number of hydrogen-bond donors (Lipinski definition) is 0. The number of benzene rings is 2. The molecule has 3 rings (SSSR count). The topological polar surface area (TPSA) is 26.3 Å². The molecule has 1 heterocycles. The third-order valence-electron chi connectivity index (χ3n) is 3.03. The number of thiophene rings is 1. The minimum Gasteiger partial charge on any atom is -0.484 e. The highest BCUT2D eigenvalue weighted by Gasteiger charge is 2.12. The van der Waals surface area contributed by atoms with E-state index in [4.69, 9.17) is 16.3 Å². The largest absolute Gasteiger partial charge is 0.484 e. The van der Waals surface area contributed by atoms with Crippen molar-refractivity contribution in [3.8, 4) is 5.75 Å². The van der Waals surface area contributed by atoms with Gasteiger partial charge < -0.3 is 4.74 Å². The van der Waals surface area contributed by atoms with Gasteiger partial charge in [-0.25, -0.2) is 0 Å². The zero-order valence-corrected chi connectivity index (χ0v) is 14.0. The third kappa shape index (κ3) is 3.12. The zero-order chi connectivity index (χ0) is 14.8. The Bertz CT molecular complexity index is 813. The van der Waals surface area contributed by atoms with E-state index in [9.17, 15) is 4.79 Å². The Hall–Kier alpha value is -1.36. The summed E-state index contributed by atoms with van der Waals surface area (Å²) in [6, 6.07) is 15.3. The van der Waals surface area contributed by atoms with Crippen LogP contribution in [0.1, 0.15) is 9.67 Å². The van der Waals surface area contributed by atoms with E-state index in [0.717, 1.165) is 15.2 Å². The van der Waals surface area contributed by atoms with Gasteiger partial charge in [0.25, 0.3) is 0 Å². The van der Waals surface area contributed by atoms with Gasteiger partial charge in [-0.2, -0.15) is 0 Å². The summed E-state index contributed by atoms with van der Waals surface area (Å²) in [7, 11) is 0. The Kier molecular flexibility index (Phi) is 4.29. The van der Waals surface area contributed by atoms with E-state index < -0.39 is 0 Å². The van der Waals surface area contributed by atoms with E-state index in [1.54, 1.807) is 12.1 Å². The number of carbonyl (C=O) groups excluding carboxylic acids is 1. The second kappa shape index (κ2) is 6.18. The van der Waals surface area contributed by atoms with E-state index in [2.05, 4.69) is 15.9 Å². The number of carbonyl (C=O) groups is 1. The van der Waals surface area contributed by atoms with Crippen molar-refractivity contribution in [2.75, 3.05) is 6.61 Å². The first-order valence-corrected chi connectivity index (χ1v) is 8.22. The van der Waals surface area contributed by atoms with E-state index in [1.165, 1.54) is 11.3 Å². The summed E-state index contributed by atoms with van der Waals surface area (Å²) in [5, 5.41) is 2.18. The van der Waals surface area contributed by atoms with Crippen LogP contribution in [0.2, 0.25) is 4.34 Å². The van der Waals surface area contributed by atoms with Gasteiger partial charge >= 0.3 is 0 Å². The van der Waals surface area contributed by atoms with Crippen LogP contribution < -0.4 is 4.74 Å². The Balaban J connectivity index is 1.79. The lowest BCUT2D eigenvalue weighted by atomic mass is 10.1. The van der Waals surface area contributed by atoms with Crippen LogP contribution in [0, 0.1) is 0 Å². The maximum Gasteiger partial charge on any atom is 0.210 e. The van der Waals surface area contributed by atoms with Crippen molar-refractivity contribution >= 4 is 55.4 Å². The summed E-state index contributed by atoms with van der Waals surface area (Å²) in [5.74, 6) is 0.580. The van der Waals surface area contributed by atoms with Gasteiger partial charge in [0, 0.05) is 0 Å². The number of hydrogen-bond acceptors (Lipinski definition) is 3. The molecule has 0 fully saturated rings. The first kappa shape index (κ1) is 14.6. The predicted molar refractivity (Wildman–Crippen MR) is 90.8 cm³/mol. The highest BCUT2D eigenvalue weighted by molar-refractivity contribution is 9.10. The highest BCUT2D eigenvalue weighted by Crippen LogP contribution is 2.33. The summed E-state index contributed by atoms with van der Waals surface area (Å²) < 4.78 is 7.10. The molecule has 0 aliphatic carbocycles. The van der Waals surface area contributed by atoms with Crippen molar-refractivity contribution in [3.05, 3.63) is 62.2 Å². The molecular weight excluding hydrogens is 372 g/mol. The van der Waals surface area contributed by atoms with Crippen LogP contribution in [0.25, 0.3) is 10.8 Å². The van der Waals surface area contributed by atoms with Crippen molar-refractivity contribution in [2.24, 2.45) is 0 Å². The van der Waals surface area contributed by atoms with Crippen molar-refractivity contribution in [1.29, 1.82) is 0 Å². The first-order chi connectivity index (χ1) is 10.1. The fourth-order valence-corrected chi connectivity index (χ4v) is 3.58. The monoisotopic (exact) mass is 380 g/mol. The summed E-state index contributed by atoms with van der Waals surface area (Å²) >= 11 is 10.6. The maximum atomic E-state index is 12.0. The molecule has 5 heteroatoms. The predicted octanol–water partition coefficient (Wildman–Crippen LogP) is 5.58. The number of rotatable bonds is 4. The molecule has 106 valence electrons. The molecule has 0 saturated heterocycles. The molecule has 0 saturated carbocycles. The molecule has 0 unspecified atom stereocenters. The van der Waals surface area contributed by atoms with Crippen LogP contribution in [0.4, 0.5) is 0 Å². The lowest BCUT2D eigenvalue weighted by Crippen LogP contribution is -2.10. The minimum atomic E-state index is -0.0769. The number of ketones is 1. The van der Waals surface area contributed by atoms with Gasteiger partial charge in [0.2, 0.25) is 5.78 Å². The van der Waals surface area contributed by atoms with Crippen molar-refractivity contribution in [2.45, 2.75) is 0 Å². The number of ether oxygens (including phenoxy) is 1. The van der Waals surface area contributed by atoms with E-state index in [0.29, 0.717) is 15.0 Å². The van der Waals surface area contributed by atoms with Crippen LogP contribution in [0.15, 0.2) is 53.0 Å². The van der Waals surface area contributed by atoms with Gasteiger partial charge in [0.05, 0.1) is 13.7 Å². The smallest absolute Gasteiger partial charge is 0.210 e. The Labute approximate surface area is 139 Å². The van der Waals surface area contributed by atoms with Crippen LogP contribution in [0.3, 0.4) is 0 Å². The van der Waals surface area contributed by atoms with Gasteiger partial charge in [-0.1, -0.05) is 41.9 Å². The second-order valence-corrected chi connectivity index (χ2v) is 6.92. The fourth-order valence-electron chi connectivity index (χ4n) is 2.00. The summed E-state index contributed by atoms with van der Waals surface area (Å²) in [6.45, 7) is -0.00617. The molecule has 0 N–H and O–H groups in total. The van der Waals surface area contributed by atoms with Crippen molar-refractivity contribution in [3.63, 3.8) is 0 Å². The van der Waals surface area contributed by atoms with Crippen LogP contribution >= 0.6 is 38.9 Å². The summed E-state index contributed by atoms with van der Waals surface area (Å²) in [6.07, 6.45) is 0. The Morgan fingerprint density at radius 3 is 2.71 bits per heavy atom. The maximum absolute atomic E-state index is 12.0. The Morgan fingerprint density at radius 1 is 1.14 bits per heavy atom. The quantitative estimate of drug-likeness (QED) is 0.552. The van der Waals surface area contributed by atoms with Gasteiger partial charge in [-0.05, 0) is 44.9 Å². The fraction of sp³-hybridized carbons (Fsp3) is 0.0625. The molecule has 3 aromatic rings. The minimum absolute atomic E-state index is 0.00617. The third-order valence-corrected chi connectivity index (χ3v) is 5.12. The van der Waals surface area contributed by atoms with Crippen LogP contribution in [-0.4, -0.2) is 12.4 Å². The number of halogens is 2. The second-order valence-electron chi connectivity index (χ2n) is 4.41. The van der Waals surface area contributed by atoms with Crippen molar-refractivity contribution in [1.82, 2.24) is 0 Å².